The van der Waals surface area contributed by atoms with Crippen LogP contribution in [0.15, 0.2) is 30.3 Å². The van der Waals surface area contributed by atoms with E-state index in [-0.39, 0.29) is 29.6 Å². The third kappa shape index (κ3) is 16.8. The molecule has 0 aliphatic heterocycles. The van der Waals surface area contributed by atoms with Crippen molar-refractivity contribution >= 4 is 29.6 Å². The molecule has 1 rings (SSSR count). The molecule has 0 aliphatic rings. The molecule has 0 unspecified atom stereocenters. The first-order valence-electron chi connectivity index (χ1n) is 11.5. The van der Waals surface area contributed by atoms with E-state index in [1.54, 1.807) is 0 Å². The summed E-state index contributed by atoms with van der Waals surface area (Å²) < 4.78 is 1.11. The minimum atomic E-state index is 0. The molecular weight excluding hydrogens is 337 g/mol. The molecule has 0 bridgehead atoms. The van der Waals surface area contributed by atoms with Crippen molar-refractivity contribution < 1.29 is 4.48 Å². The van der Waals surface area contributed by atoms with Gasteiger partial charge in [-0.05, 0) is 12.8 Å². The van der Waals surface area contributed by atoms with Crippen molar-refractivity contribution in [3.05, 3.63) is 35.9 Å². The Bertz CT molecular complexity index is 416. The van der Waals surface area contributed by atoms with Crippen LogP contribution in [0.4, 0.5) is 0 Å². The fourth-order valence-electron chi connectivity index (χ4n) is 3.89. The van der Waals surface area contributed by atoms with Crippen molar-refractivity contribution in [3.63, 3.8) is 0 Å². The zero-order chi connectivity index (χ0) is 18.9. The normalized spacial score (nSPS) is 11.4. The Morgan fingerprint density at radius 2 is 1.00 bits per heavy atom. The van der Waals surface area contributed by atoms with Crippen LogP contribution < -0.4 is 0 Å². The molecule has 0 fully saturated rings. The molecule has 152 valence electrons. The fourth-order valence-corrected chi connectivity index (χ4v) is 3.89. The molecule has 0 spiro atoms. The average molecular weight is 385 g/mol. The van der Waals surface area contributed by atoms with Crippen LogP contribution in [-0.4, -0.2) is 54.7 Å². The average Bonchev–Trinajstić information content (AvgIpc) is 2.62. The van der Waals surface area contributed by atoms with Crippen molar-refractivity contribution in [1.29, 1.82) is 0 Å². The second-order valence-corrected chi connectivity index (χ2v) is 8.90. The molecule has 0 amide bonds. The second kappa shape index (κ2) is 18.2. The van der Waals surface area contributed by atoms with Crippen molar-refractivity contribution in [1.82, 2.24) is 0 Å². The number of nitrogens with zero attached hydrogens (tertiary/aromatic N) is 1. The number of quaternary nitrogens is 1. The van der Waals surface area contributed by atoms with Crippen LogP contribution in [-0.2, 0) is 6.54 Å². The predicted molar refractivity (Wildman–Crippen MR) is 125 cm³/mol. The molecule has 1 aromatic carbocycles. The summed E-state index contributed by atoms with van der Waals surface area (Å²) in [7, 11) is 4.74. The summed E-state index contributed by atoms with van der Waals surface area (Å²) in [6.45, 7) is 4.75. The maximum absolute atomic E-state index is 2.37. The quantitative estimate of drug-likeness (QED) is 0.153. The topological polar surface area (TPSA) is 0 Å². The third-order valence-electron chi connectivity index (χ3n) is 5.57. The number of rotatable bonds is 17. The van der Waals surface area contributed by atoms with E-state index in [0.29, 0.717) is 0 Å². The Hall–Kier alpha value is 0.180. The fraction of sp³-hybridized carbons (Fsp3) is 0.760. The zero-order valence-corrected chi connectivity index (χ0v) is 18.1. The standard InChI is InChI=1S/C25H46N.Na.H/c1-4-5-6-7-8-9-10-11-12-13-14-15-16-20-23-26(2,3)24-25-21-18-17-19-22-25;;/h17-19,21-22H,4-16,20,23-24H2,1-3H3;;/q+1;;. The van der Waals surface area contributed by atoms with Crippen molar-refractivity contribution in [3.8, 4) is 0 Å². The Labute approximate surface area is 193 Å². The third-order valence-corrected chi connectivity index (χ3v) is 5.57. The molecule has 0 N–H and O–H groups in total. The predicted octanol–water partition coefficient (Wildman–Crippen LogP) is 7.10. The van der Waals surface area contributed by atoms with Gasteiger partial charge < -0.3 is 4.48 Å². The monoisotopic (exact) mass is 384 g/mol. The Kier molecular flexibility index (Phi) is 18.3. The van der Waals surface area contributed by atoms with E-state index >= 15 is 0 Å². The molecule has 0 saturated heterocycles. The van der Waals surface area contributed by atoms with Crippen molar-refractivity contribution in [2.45, 2.75) is 103 Å². The zero-order valence-electron chi connectivity index (χ0n) is 18.1. The first-order valence-corrected chi connectivity index (χ1v) is 11.5. The van der Waals surface area contributed by atoms with Gasteiger partial charge in [0.15, 0.2) is 0 Å². The summed E-state index contributed by atoms with van der Waals surface area (Å²) in [6.07, 6.45) is 20.2. The summed E-state index contributed by atoms with van der Waals surface area (Å²) in [5.41, 5.74) is 1.46. The van der Waals surface area contributed by atoms with Gasteiger partial charge in [-0.3, -0.25) is 0 Å². The van der Waals surface area contributed by atoms with Crippen LogP contribution in [0.1, 0.15) is 102 Å². The SMILES string of the molecule is CCCCCCCCCCCCCCCC[N+](C)(C)Cc1ccccc1.[NaH]. The number of unbranched alkanes of at least 4 members (excludes halogenated alkanes) is 13. The molecule has 0 aromatic heterocycles. The van der Waals surface area contributed by atoms with E-state index in [1.165, 1.54) is 102 Å². The Morgan fingerprint density at radius 1 is 0.593 bits per heavy atom. The molecular formula is C25H47NNa+. The maximum atomic E-state index is 2.37. The van der Waals surface area contributed by atoms with Gasteiger partial charge in [0.2, 0.25) is 0 Å². The van der Waals surface area contributed by atoms with Crippen LogP contribution in [0.3, 0.4) is 0 Å². The first kappa shape index (κ1) is 27.2. The van der Waals surface area contributed by atoms with Crippen LogP contribution >= 0.6 is 0 Å². The van der Waals surface area contributed by atoms with Crippen molar-refractivity contribution in [2.75, 3.05) is 20.6 Å². The van der Waals surface area contributed by atoms with Gasteiger partial charge >= 0.3 is 29.6 Å². The second-order valence-electron chi connectivity index (χ2n) is 8.90. The van der Waals surface area contributed by atoms with Crippen LogP contribution in [0.5, 0.6) is 0 Å². The molecule has 1 aromatic rings. The van der Waals surface area contributed by atoms with Gasteiger partial charge in [-0.1, -0.05) is 114 Å². The van der Waals surface area contributed by atoms with Crippen LogP contribution in [0.25, 0.3) is 0 Å². The summed E-state index contributed by atoms with van der Waals surface area (Å²) in [4.78, 5) is 0. The van der Waals surface area contributed by atoms with Gasteiger partial charge in [0.05, 0.1) is 20.6 Å². The molecule has 27 heavy (non-hydrogen) atoms. The molecule has 0 heterocycles. The van der Waals surface area contributed by atoms with E-state index in [9.17, 15) is 0 Å². The first-order chi connectivity index (χ1) is 12.6. The van der Waals surface area contributed by atoms with Gasteiger partial charge in [0.1, 0.15) is 6.54 Å². The molecule has 0 aliphatic carbocycles. The summed E-state index contributed by atoms with van der Waals surface area (Å²) >= 11 is 0. The molecule has 0 atom stereocenters. The Morgan fingerprint density at radius 3 is 1.44 bits per heavy atom. The molecule has 2 heteroatoms. The number of hydrogen-bond donors (Lipinski definition) is 0. The minimum absolute atomic E-state index is 0. The number of benzene rings is 1. The summed E-state index contributed by atoms with van der Waals surface area (Å²) in [5, 5.41) is 0. The Balaban J connectivity index is 0.00000676. The van der Waals surface area contributed by atoms with Gasteiger partial charge in [-0.15, -0.1) is 0 Å². The van der Waals surface area contributed by atoms with Crippen LogP contribution in [0, 0.1) is 0 Å². The van der Waals surface area contributed by atoms with E-state index < -0.39 is 0 Å². The summed E-state index contributed by atoms with van der Waals surface area (Å²) in [5.74, 6) is 0. The van der Waals surface area contributed by atoms with Gasteiger partial charge in [-0.2, -0.15) is 0 Å². The van der Waals surface area contributed by atoms with Crippen molar-refractivity contribution in [2.24, 2.45) is 0 Å². The van der Waals surface area contributed by atoms with E-state index in [4.69, 9.17) is 0 Å². The van der Waals surface area contributed by atoms with Gasteiger partial charge in [-0.25, -0.2) is 0 Å². The van der Waals surface area contributed by atoms with E-state index in [0.717, 1.165) is 11.0 Å². The molecule has 0 saturated carbocycles. The van der Waals surface area contributed by atoms with Gasteiger partial charge in [0, 0.05) is 5.56 Å². The number of hydrogen-bond acceptors (Lipinski definition) is 0. The molecule has 0 radical (unpaired) electrons. The van der Waals surface area contributed by atoms with Gasteiger partial charge in [0.25, 0.3) is 0 Å². The summed E-state index contributed by atoms with van der Waals surface area (Å²) in [6, 6.07) is 10.9. The van der Waals surface area contributed by atoms with Crippen LogP contribution in [0.2, 0.25) is 0 Å². The van der Waals surface area contributed by atoms with E-state index in [2.05, 4.69) is 51.4 Å². The molecule has 1 nitrogen and oxygen atoms in total. The van der Waals surface area contributed by atoms with E-state index in [1.807, 2.05) is 0 Å².